The van der Waals surface area contributed by atoms with Gasteiger partial charge in [0.05, 0.1) is 0 Å². The van der Waals surface area contributed by atoms with Crippen LogP contribution in [0.5, 0.6) is 0 Å². The number of rotatable bonds is 7. The van der Waals surface area contributed by atoms with Crippen LogP contribution in [0.3, 0.4) is 0 Å². The summed E-state index contributed by atoms with van der Waals surface area (Å²) in [5.74, 6) is 4.67. The van der Waals surface area contributed by atoms with E-state index in [-0.39, 0.29) is 10.8 Å². The van der Waals surface area contributed by atoms with Crippen molar-refractivity contribution < 1.29 is 19.8 Å². The summed E-state index contributed by atoms with van der Waals surface area (Å²) in [6, 6.07) is 0. The summed E-state index contributed by atoms with van der Waals surface area (Å²) < 4.78 is 0. The molecule has 6 nitrogen and oxygen atoms in total. The van der Waals surface area contributed by atoms with Gasteiger partial charge in [-0.2, -0.15) is 11.8 Å². The smallest absolute Gasteiger partial charge is 0.317 e. The summed E-state index contributed by atoms with van der Waals surface area (Å²) in [6.45, 7) is 23.3. The standard InChI is InChI=1S/C40H62N2O3S.C3H6.CH4O/c1-35(2)29(28-10-17-39(27-43,18-11-28)34(44)45)12-15-36(3)32(35)13-16-38(5)33(36)9-8-30-31-7-6-14-40(31,20-19-37(30,38)4)41-21-22-42-23-25-46-26-24-42;1-3-2;1-2/h10,12,27,30-33,41H,6-9,11,13-26H2,1-5H3,(H,44,45);3H,1H2,2H3;2H,1H3/t30?,31-,32?,33?,36?,37-,38?,39?,40?;;/m1../s1. The van der Waals surface area contributed by atoms with E-state index < -0.39 is 11.4 Å². The number of aliphatic hydroxyl groups is 1. The fourth-order valence-electron chi connectivity index (χ4n) is 13.8. The van der Waals surface area contributed by atoms with Crippen molar-refractivity contribution in [3.8, 4) is 0 Å². The molecule has 0 aromatic rings. The minimum Gasteiger partial charge on any atom is -0.480 e. The van der Waals surface area contributed by atoms with Crippen molar-refractivity contribution in [3.05, 3.63) is 36.0 Å². The van der Waals surface area contributed by atoms with Gasteiger partial charge in [-0.25, -0.2) is 0 Å². The predicted molar refractivity (Wildman–Crippen MR) is 213 cm³/mol. The summed E-state index contributed by atoms with van der Waals surface area (Å²) in [5.41, 5.74) is 3.01. The minimum absolute atomic E-state index is 0.0481. The van der Waals surface area contributed by atoms with Gasteiger partial charge in [0.25, 0.3) is 0 Å². The molecule has 7 aliphatic rings. The number of aliphatic hydroxyl groups excluding tert-OH is 1. The molecule has 0 radical (unpaired) electrons. The average molecular weight is 725 g/mol. The number of carbonyl (C=O) groups excluding carboxylic acids is 1. The van der Waals surface area contributed by atoms with Crippen molar-refractivity contribution in [1.82, 2.24) is 10.2 Å². The lowest BCUT2D eigenvalue weighted by molar-refractivity contribution is -0.218. The lowest BCUT2D eigenvalue weighted by Gasteiger charge is -2.72. The van der Waals surface area contributed by atoms with Gasteiger partial charge >= 0.3 is 5.97 Å². The number of aldehydes is 1. The van der Waals surface area contributed by atoms with Gasteiger partial charge in [0.15, 0.2) is 0 Å². The van der Waals surface area contributed by atoms with Crippen molar-refractivity contribution in [2.24, 2.45) is 50.7 Å². The Bertz CT molecular complexity index is 1340. The third-order valence-corrected chi connectivity index (χ3v) is 17.4. The average Bonchev–Trinajstić information content (AvgIpc) is 3.54. The summed E-state index contributed by atoms with van der Waals surface area (Å²) in [6.07, 6.45) is 22.1. The maximum absolute atomic E-state index is 11.9. The van der Waals surface area contributed by atoms with Gasteiger partial charge < -0.3 is 25.2 Å². The first-order valence-electron chi connectivity index (χ1n) is 20.4. The number of carboxylic acid groups (broad SMARTS) is 1. The molecule has 1 aliphatic heterocycles. The molecule has 9 atom stereocenters. The number of nitrogens with zero attached hydrogens (tertiary/aromatic N) is 1. The van der Waals surface area contributed by atoms with Crippen molar-refractivity contribution in [2.75, 3.05) is 44.8 Å². The molecule has 51 heavy (non-hydrogen) atoms. The van der Waals surface area contributed by atoms with E-state index >= 15 is 0 Å². The highest BCUT2D eigenvalue weighted by Crippen LogP contribution is 2.76. The summed E-state index contributed by atoms with van der Waals surface area (Å²) in [7, 11) is 1.00. The van der Waals surface area contributed by atoms with E-state index in [1.54, 1.807) is 6.08 Å². The molecular weight excluding hydrogens is 653 g/mol. The molecule has 5 fully saturated rings. The number of fused-ring (bicyclic) bond motifs is 7. The Morgan fingerprint density at radius 1 is 0.922 bits per heavy atom. The second-order valence-electron chi connectivity index (χ2n) is 18.7. The topological polar surface area (TPSA) is 89.9 Å². The number of carboxylic acids is 1. The van der Waals surface area contributed by atoms with Crippen molar-refractivity contribution in [2.45, 2.75) is 131 Å². The number of allylic oxidation sites excluding steroid dienone is 5. The van der Waals surface area contributed by atoms with Crippen LogP contribution in [0.4, 0.5) is 0 Å². The van der Waals surface area contributed by atoms with Crippen molar-refractivity contribution >= 4 is 24.0 Å². The minimum atomic E-state index is -1.24. The van der Waals surface area contributed by atoms with E-state index in [1.165, 1.54) is 100 Å². The second kappa shape index (κ2) is 15.7. The normalized spacial score (nSPS) is 42.7. The molecule has 7 rings (SSSR count). The molecule has 0 amide bonds. The van der Waals surface area contributed by atoms with E-state index in [1.807, 2.05) is 6.92 Å². The van der Waals surface area contributed by atoms with Crippen LogP contribution in [-0.4, -0.2) is 77.7 Å². The first kappa shape index (κ1) is 40.8. The molecule has 7 unspecified atom stereocenters. The van der Waals surface area contributed by atoms with Gasteiger partial charge in [0.1, 0.15) is 11.7 Å². The zero-order valence-corrected chi connectivity index (χ0v) is 34.1. The molecule has 3 N–H and O–H groups in total. The third-order valence-electron chi connectivity index (χ3n) is 16.5. The number of nitrogens with one attached hydrogen (secondary N) is 1. The van der Waals surface area contributed by atoms with E-state index in [0.717, 1.165) is 37.8 Å². The van der Waals surface area contributed by atoms with E-state index in [4.69, 9.17) is 5.11 Å². The quantitative estimate of drug-likeness (QED) is 0.137. The van der Waals surface area contributed by atoms with Gasteiger partial charge in [-0.3, -0.25) is 4.79 Å². The molecule has 0 spiro atoms. The predicted octanol–water partition coefficient (Wildman–Crippen LogP) is 8.95. The maximum Gasteiger partial charge on any atom is 0.317 e. The van der Waals surface area contributed by atoms with Gasteiger partial charge in [-0.1, -0.05) is 59.3 Å². The van der Waals surface area contributed by atoms with Crippen molar-refractivity contribution in [3.63, 3.8) is 0 Å². The number of hydrogen-bond donors (Lipinski definition) is 3. The Kier molecular flexibility index (Phi) is 12.6. The number of thioether (sulfide) groups is 1. The van der Waals surface area contributed by atoms with Gasteiger partial charge in [0.2, 0.25) is 0 Å². The van der Waals surface area contributed by atoms with Crippen LogP contribution in [0, 0.1) is 50.7 Å². The Balaban J connectivity index is 0.000000959. The SMILES string of the molecule is C=CC.CC1(C)C(C2=CCC(C=O)(C(=O)O)CC2)=CCC2(C)C1CCC1(C)C2CCC2[C@H]3CCCC3(NCCN3CCSCC3)CC[C@]21C.CO. The van der Waals surface area contributed by atoms with E-state index in [0.29, 0.717) is 47.8 Å². The van der Waals surface area contributed by atoms with Crippen LogP contribution >= 0.6 is 11.8 Å². The Hall–Kier alpha value is -1.41. The maximum atomic E-state index is 11.9. The Morgan fingerprint density at radius 3 is 2.25 bits per heavy atom. The Morgan fingerprint density at radius 2 is 1.63 bits per heavy atom. The molecule has 0 aromatic carbocycles. The van der Waals surface area contributed by atoms with Crippen LogP contribution in [0.25, 0.3) is 0 Å². The summed E-state index contributed by atoms with van der Waals surface area (Å²) in [5, 5.41) is 21.1. The van der Waals surface area contributed by atoms with Gasteiger partial charge in [-0.15, -0.1) is 6.58 Å². The number of carbonyl (C=O) groups is 2. The molecular formula is C44H72N2O4S. The highest BCUT2D eigenvalue weighted by Gasteiger charge is 2.69. The highest BCUT2D eigenvalue weighted by atomic mass is 32.2. The summed E-state index contributed by atoms with van der Waals surface area (Å²) in [4.78, 5) is 26.4. The highest BCUT2D eigenvalue weighted by molar-refractivity contribution is 7.99. The fraction of sp³-hybridized carbons (Fsp3) is 0.818. The van der Waals surface area contributed by atoms with Crippen LogP contribution in [0.2, 0.25) is 0 Å². The molecule has 1 heterocycles. The number of aliphatic carboxylic acids is 1. The van der Waals surface area contributed by atoms with Crippen LogP contribution in [0.1, 0.15) is 125 Å². The molecule has 288 valence electrons. The van der Waals surface area contributed by atoms with Gasteiger partial charge in [-0.05, 0) is 140 Å². The molecule has 6 aliphatic carbocycles. The molecule has 7 heteroatoms. The van der Waals surface area contributed by atoms with E-state index in [9.17, 15) is 14.7 Å². The summed E-state index contributed by atoms with van der Waals surface area (Å²) >= 11 is 2.11. The molecule has 0 bridgehead atoms. The second-order valence-corrected chi connectivity index (χ2v) is 19.9. The number of hydrogen-bond acceptors (Lipinski definition) is 6. The molecule has 4 saturated carbocycles. The lowest BCUT2D eigenvalue weighted by Crippen LogP contribution is -2.67. The van der Waals surface area contributed by atoms with Crippen LogP contribution < -0.4 is 5.32 Å². The third kappa shape index (κ3) is 6.79. The largest absolute Gasteiger partial charge is 0.480 e. The lowest BCUT2D eigenvalue weighted by atomic mass is 9.33. The fourth-order valence-corrected chi connectivity index (χ4v) is 14.8. The van der Waals surface area contributed by atoms with E-state index in [2.05, 4.69) is 75.3 Å². The van der Waals surface area contributed by atoms with Gasteiger partial charge in [0, 0.05) is 50.3 Å². The molecule has 1 saturated heterocycles. The first-order valence-corrected chi connectivity index (χ1v) is 21.6. The zero-order valence-electron chi connectivity index (χ0n) is 33.3. The van der Waals surface area contributed by atoms with Crippen molar-refractivity contribution in [1.29, 1.82) is 0 Å². The van der Waals surface area contributed by atoms with Crippen LogP contribution in [0.15, 0.2) is 36.0 Å². The monoisotopic (exact) mass is 725 g/mol. The molecule has 0 aromatic heterocycles. The van der Waals surface area contributed by atoms with Crippen LogP contribution in [-0.2, 0) is 9.59 Å². The Labute approximate surface area is 315 Å². The first-order chi connectivity index (χ1) is 24.3. The zero-order chi connectivity index (χ0) is 37.3.